The maximum atomic E-state index is 15.9. The van der Waals surface area contributed by atoms with E-state index in [1.165, 1.54) is 6.07 Å². The van der Waals surface area contributed by atoms with Crippen LogP contribution in [0.15, 0.2) is 53.5 Å². The second-order valence-electron chi connectivity index (χ2n) is 11.7. The Morgan fingerprint density at radius 1 is 0.933 bits per heavy atom. The lowest BCUT2D eigenvalue weighted by Gasteiger charge is -2.30. The first-order valence-electron chi connectivity index (χ1n) is 15.5. The third-order valence-electron chi connectivity index (χ3n) is 9.00. The maximum absolute atomic E-state index is 15.9. The molecule has 8 rings (SSSR count). The van der Waals surface area contributed by atoms with Gasteiger partial charge in [0.15, 0.2) is 17.3 Å². The fourth-order valence-electron chi connectivity index (χ4n) is 6.63. The summed E-state index contributed by atoms with van der Waals surface area (Å²) in [6.45, 7) is 6.53. The molecule has 1 amide bonds. The molecule has 4 aliphatic rings. The molecule has 2 saturated heterocycles. The Balaban J connectivity index is 1.25. The Morgan fingerprint density at radius 3 is 2.53 bits per heavy atom. The first-order chi connectivity index (χ1) is 22.1. The number of amides is 1. The molecule has 11 heteroatoms. The Kier molecular flexibility index (Phi) is 7.16. The molecule has 232 valence electrons. The number of pyridine rings is 1. The number of hydrogen-bond acceptors (Lipinski definition) is 8. The molecule has 0 bridgehead atoms. The molecule has 0 atom stereocenters. The number of anilines is 1. The number of fused-ring (bicyclic) bond motifs is 5. The summed E-state index contributed by atoms with van der Waals surface area (Å²) in [6, 6.07) is 13.0. The molecule has 0 aliphatic carbocycles. The molecule has 45 heavy (non-hydrogen) atoms. The zero-order valence-corrected chi connectivity index (χ0v) is 24.8. The number of nitrogens with zero attached hydrogens (tertiary/aromatic N) is 3. The van der Waals surface area contributed by atoms with E-state index in [2.05, 4.69) is 10.2 Å². The van der Waals surface area contributed by atoms with Crippen molar-refractivity contribution in [2.24, 2.45) is 0 Å². The topological polar surface area (TPSA) is 94.5 Å². The zero-order valence-electron chi connectivity index (χ0n) is 24.8. The minimum atomic E-state index is -0.616. The average Bonchev–Trinajstić information content (AvgIpc) is 3.08. The van der Waals surface area contributed by atoms with E-state index in [-0.39, 0.29) is 22.4 Å². The summed E-state index contributed by atoms with van der Waals surface area (Å²) < 4.78 is 41.2. The Bertz CT molecular complexity index is 1880. The van der Waals surface area contributed by atoms with E-state index in [1.807, 2.05) is 36.4 Å². The van der Waals surface area contributed by atoms with Crippen molar-refractivity contribution < 1.29 is 28.1 Å². The lowest BCUT2D eigenvalue weighted by Crippen LogP contribution is -2.42. The van der Waals surface area contributed by atoms with E-state index in [1.54, 1.807) is 15.7 Å². The molecule has 0 spiro atoms. The van der Waals surface area contributed by atoms with Crippen molar-refractivity contribution in [1.29, 1.82) is 0 Å². The number of hydrogen-bond donors (Lipinski definition) is 1. The van der Waals surface area contributed by atoms with E-state index >= 15 is 4.39 Å². The molecule has 1 N–H and O–H groups in total. The highest BCUT2D eigenvalue weighted by Gasteiger charge is 2.32. The molecular weight excluding hydrogens is 579 g/mol. The van der Waals surface area contributed by atoms with Crippen molar-refractivity contribution in [3.63, 3.8) is 0 Å². The number of ether oxygens (including phenoxy) is 4. The van der Waals surface area contributed by atoms with Gasteiger partial charge >= 0.3 is 0 Å². The van der Waals surface area contributed by atoms with Crippen LogP contribution in [0.25, 0.3) is 27.7 Å². The van der Waals surface area contributed by atoms with E-state index in [0.29, 0.717) is 62.2 Å². The summed E-state index contributed by atoms with van der Waals surface area (Å²) in [7, 11) is 0. The van der Waals surface area contributed by atoms with Crippen molar-refractivity contribution in [2.75, 3.05) is 71.0 Å². The van der Waals surface area contributed by atoms with Crippen LogP contribution in [0.1, 0.15) is 22.3 Å². The molecule has 1 aromatic heterocycles. The van der Waals surface area contributed by atoms with Crippen molar-refractivity contribution >= 4 is 22.5 Å². The third kappa shape index (κ3) is 4.91. The summed E-state index contributed by atoms with van der Waals surface area (Å²) in [5, 5.41) is 3.33. The van der Waals surface area contributed by atoms with Gasteiger partial charge in [-0.2, -0.15) is 0 Å². The number of benzene rings is 3. The standard InChI is InChI=1S/C34H33FN4O6/c35-26-16-24-31-33(30(26)36-6-3-7-37-8-12-42-13-9-37)45-29-18-28-23(22-5-2-1-4-21(22)20-44-28)17-27(29)39(31)19-25(32(24)40)34(41)38-10-14-43-15-11-38/h1-2,4-5,16-19,36H,3,6-15,20H2. The number of rotatable bonds is 6. The molecule has 10 nitrogen and oxygen atoms in total. The van der Waals surface area contributed by atoms with Gasteiger partial charge in [-0.1, -0.05) is 24.3 Å². The molecule has 5 heterocycles. The van der Waals surface area contributed by atoms with Gasteiger partial charge in [-0.25, -0.2) is 4.39 Å². The van der Waals surface area contributed by atoms with E-state index < -0.39 is 17.2 Å². The van der Waals surface area contributed by atoms with Gasteiger partial charge in [-0.3, -0.25) is 14.5 Å². The van der Waals surface area contributed by atoms with Gasteiger partial charge < -0.3 is 33.7 Å². The van der Waals surface area contributed by atoms with E-state index in [0.717, 1.165) is 56.0 Å². The van der Waals surface area contributed by atoms with E-state index in [9.17, 15) is 9.59 Å². The summed E-state index contributed by atoms with van der Waals surface area (Å²) >= 11 is 0. The van der Waals surface area contributed by atoms with Gasteiger partial charge in [0.05, 0.1) is 37.5 Å². The average molecular weight is 613 g/mol. The lowest BCUT2D eigenvalue weighted by atomic mass is 9.95. The largest absolute Gasteiger partial charge is 0.488 e. The molecule has 4 aliphatic heterocycles. The fraction of sp³-hybridized carbons (Fsp3) is 0.353. The summed E-state index contributed by atoms with van der Waals surface area (Å²) in [4.78, 5) is 31.5. The minimum absolute atomic E-state index is 0.0248. The van der Waals surface area contributed by atoms with Crippen LogP contribution in [0, 0.1) is 5.82 Å². The van der Waals surface area contributed by atoms with Crippen molar-refractivity contribution in [3.8, 4) is 34.1 Å². The monoisotopic (exact) mass is 612 g/mol. The molecule has 0 radical (unpaired) electrons. The Morgan fingerprint density at radius 2 is 1.71 bits per heavy atom. The number of morpholine rings is 2. The number of halogens is 1. The molecule has 3 aromatic carbocycles. The van der Waals surface area contributed by atoms with E-state index in [4.69, 9.17) is 18.9 Å². The normalized spacial score (nSPS) is 17.1. The number of carbonyl (C=O) groups excluding carboxylic acids is 1. The fourth-order valence-corrected chi connectivity index (χ4v) is 6.63. The van der Waals surface area contributed by atoms with Crippen LogP contribution in [-0.4, -0.2) is 86.0 Å². The predicted octanol–water partition coefficient (Wildman–Crippen LogP) is 4.40. The highest BCUT2D eigenvalue weighted by Crippen LogP contribution is 2.49. The van der Waals surface area contributed by atoms with Crippen molar-refractivity contribution in [3.05, 3.63) is 75.8 Å². The molecule has 2 fully saturated rings. The van der Waals surface area contributed by atoms with Gasteiger partial charge in [0.25, 0.3) is 5.91 Å². The van der Waals surface area contributed by atoms with Crippen LogP contribution < -0.4 is 20.2 Å². The highest BCUT2D eigenvalue weighted by atomic mass is 19.1. The van der Waals surface area contributed by atoms with Crippen LogP contribution >= 0.6 is 0 Å². The lowest BCUT2D eigenvalue weighted by molar-refractivity contribution is 0.0301. The first kappa shape index (κ1) is 28.1. The van der Waals surface area contributed by atoms with Crippen molar-refractivity contribution in [2.45, 2.75) is 13.0 Å². The quantitative estimate of drug-likeness (QED) is 0.282. The second-order valence-corrected chi connectivity index (χ2v) is 11.7. The molecular formula is C34H33FN4O6. The van der Waals surface area contributed by atoms with Crippen LogP contribution in [0.4, 0.5) is 10.1 Å². The van der Waals surface area contributed by atoms with Gasteiger partial charge in [-0.05, 0) is 36.2 Å². The zero-order chi connectivity index (χ0) is 30.5. The Labute approximate surface area is 258 Å². The number of carbonyl (C=O) groups is 1. The maximum Gasteiger partial charge on any atom is 0.259 e. The third-order valence-corrected chi connectivity index (χ3v) is 9.00. The Hall–Kier alpha value is -4.45. The SMILES string of the molecule is O=C(c1cn2c3c(c(NCCCN4CCOCC4)c(F)cc3c1=O)Oc1cc3c(cc1-2)-c1ccccc1CO3)N1CCOCC1. The second kappa shape index (κ2) is 11.5. The minimum Gasteiger partial charge on any atom is -0.488 e. The summed E-state index contributed by atoms with van der Waals surface area (Å²) in [5.74, 6) is 0.282. The molecule has 4 aromatic rings. The van der Waals surface area contributed by atoms with Crippen LogP contribution in [0.2, 0.25) is 0 Å². The van der Waals surface area contributed by atoms with Crippen molar-refractivity contribution in [1.82, 2.24) is 14.4 Å². The first-order valence-corrected chi connectivity index (χ1v) is 15.5. The van der Waals surface area contributed by atoms with Gasteiger partial charge in [0, 0.05) is 50.6 Å². The summed E-state index contributed by atoms with van der Waals surface area (Å²) in [5.41, 5.74) is 3.63. The van der Waals surface area contributed by atoms with Crippen LogP contribution in [0.3, 0.4) is 0 Å². The predicted molar refractivity (Wildman–Crippen MR) is 166 cm³/mol. The number of nitrogens with one attached hydrogen (secondary N) is 1. The highest BCUT2D eigenvalue weighted by molar-refractivity contribution is 6.01. The molecule has 0 unspecified atom stereocenters. The van der Waals surface area contributed by atoms with Crippen LogP contribution in [0.5, 0.6) is 17.2 Å². The van der Waals surface area contributed by atoms with Gasteiger partial charge in [0.2, 0.25) is 5.43 Å². The smallest absolute Gasteiger partial charge is 0.259 e. The van der Waals surface area contributed by atoms with Crippen LogP contribution in [-0.2, 0) is 16.1 Å². The van der Waals surface area contributed by atoms with Gasteiger partial charge in [0.1, 0.15) is 29.1 Å². The summed E-state index contributed by atoms with van der Waals surface area (Å²) in [6.07, 6.45) is 2.36. The molecule has 0 saturated carbocycles. The number of aromatic nitrogens is 1. The van der Waals surface area contributed by atoms with Gasteiger partial charge in [-0.15, -0.1) is 0 Å².